The first kappa shape index (κ1) is 9.26. The van der Waals surface area contributed by atoms with E-state index in [2.05, 4.69) is 39.8 Å². The summed E-state index contributed by atoms with van der Waals surface area (Å²) in [6, 6.07) is 0. The monoisotopic (exact) mass is 180 g/mol. The predicted molar refractivity (Wildman–Crippen MR) is 54.5 cm³/mol. The third kappa shape index (κ3) is 1.34. The van der Waals surface area contributed by atoms with Crippen LogP contribution in [-0.2, 0) is 4.74 Å². The molecule has 1 nitrogen and oxygen atoms in total. The first-order valence-electron chi connectivity index (χ1n) is 5.45. The van der Waals surface area contributed by atoms with Crippen LogP contribution in [0.15, 0.2) is 12.2 Å². The zero-order valence-electron chi connectivity index (χ0n) is 9.03. The molecule has 2 bridgehead atoms. The summed E-state index contributed by atoms with van der Waals surface area (Å²) in [6.45, 7) is 9.27. The van der Waals surface area contributed by atoms with Crippen LogP contribution in [0.1, 0.15) is 27.7 Å². The van der Waals surface area contributed by atoms with Crippen molar-refractivity contribution in [1.29, 1.82) is 0 Å². The van der Waals surface area contributed by atoms with Crippen LogP contribution < -0.4 is 0 Å². The van der Waals surface area contributed by atoms with Gasteiger partial charge in [0.1, 0.15) is 0 Å². The number of fused-ring (bicyclic) bond motifs is 2. The molecule has 2 rings (SSSR count). The molecule has 0 amide bonds. The van der Waals surface area contributed by atoms with Crippen LogP contribution in [0.25, 0.3) is 0 Å². The quantitative estimate of drug-likeness (QED) is 0.594. The van der Waals surface area contributed by atoms with Crippen molar-refractivity contribution in [3.63, 3.8) is 0 Å². The molecule has 74 valence electrons. The summed E-state index contributed by atoms with van der Waals surface area (Å²) in [5.74, 6) is 2.98. The fourth-order valence-corrected chi connectivity index (χ4v) is 3.01. The van der Waals surface area contributed by atoms with Crippen LogP contribution >= 0.6 is 0 Å². The van der Waals surface area contributed by atoms with E-state index in [1.54, 1.807) is 0 Å². The Morgan fingerprint density at radius 1 is 0.846 bits per heavy atom. The number of rotatable bonds is 2. The molecule has 4 atom stereocenters. The van der Waals surface area contributed by atoms with Crippen molar-refractivity contribution in [3.05, 3.63) is 12.2 Å². The van der Waals surface area contributed by atoms with Crippen molar-refractivity contribution in [3.8, 4) is 0 Å². The zero-order valence-corrected chi connectivity index (χ0v) is 9.03. The van der Waals surface area contributed by atoms with E-state index in [1.807, 2.05) is 0 Å². The Morgan fingerprint density at radius 2 is 1.23 bits per heavy atom. The SMILES string of the molecule is CC(C)C1C2C=CC(O2)C1C(C)C. The molecule has 0 radical (unpaired) electrons. The van der Waals surface area contributed by atoms with E-state index < -0.39 is 0 Å². The minimum absolute atomic E-state index is 0.414. The lowest BCUT2D eigenvalue weighted by molar-refractivity contribution is 0.0957. The van der Waals surface area contributed by atoms with Crippen LogP contribution in [0.4, 0.5) is 0 Å². The van der Waals surface area contributed by atoms with E-state index in [0.29, 0.717) is 12.2 Å². The molecule has 2 heterocycles. The minimum atomic E-state index is 0.414. The highest BCUT2D eigenvalue weighted by Gasteiger charge is 2.47. The number of hydrogen-bond acceptors (Lipinski definition) is 1. The van der Waals surface area contributed by atoms with Gasteiger partial charge in [0.25, 0.3) is 0 Å². The molecule has 13 heavy (non-hydrogen) atoms. The highest BCUT2D eigenvalue weighted by molar-refractivity contribution is 5.15. The Labute approximate surface area is 81.2 Å². The summed E-state index contributed by atoms with van der Waals surface area (Å²) < 4.78 is 5.91. The second-order valence-electron chi connectivity index (χ2n) is 5.09. The van der Waals surface area contributed by atoms with Gasteiger partial charge in [0.2, 0.25) is 0 Å². The summed E-state index contributed by atoms with van der Waals surface area (Å²) in [5, 5.41) is 0. The van der Waals surface area contributed by atoms with E-state index >= 15 is 0 Å². The molecule has 0 N–H and O–H groups in total. The molecule has 2 aliphatic heterocycles. The lowest BCUT2D eigenvalue weighted by Crippen LogP contribution is -2.31. The van der Waals surface area contributed by atoms with E-state index in [0.717, 1.165) is 23.7 Å². The second kappa shape index (κ2) is 3.13. The van der Waals surface area contributed by atoms with Gasteiger partial charge in [0, 0.05) is 0 Å². The molecule has 0 aliphatic carbocycles. The molecule has 0 aromatic carbocycles. The molecule has 1 fully saturated rings. The second-order valence-corrected chi connectivity index (χ2v) is 5.09. The van der Waals surface area contributed by atoms with Gasteiger partial charge in [-0.25, -0.2) is 0 Å². The molecule has 0 saturated carbocycles. The first-order valence-corrected chi connectivity index (χ1v) is 5.45. The summed E-state index contributed by atoms with van der Waals surface area (Å²) in [6.07, 6.45) is 5.34. The molecule has 1 saturated heterocycles. The third-order valence-corrected chi connectivity index (χ3v) is 3.55. The summed E-state index contributed by atoms with van der Waals surface area (Å²) >= 11 is 0. The first-order chi connectivity index (χ1) is 6.11. The van der Waals surface area contributed by atoms with Gasteiger partial charge in [-0.1, -0.05) is 39.8 Å². The predicted octanol–water partition coefficient (Wildman–Crippen LogP) is 2.87. The van der Waals surface area contributed by atoms with Gasteiger partial charge in [0.15, 0.2) is 0 Å². The van der Waals surface area contributed by atoms with Gasteiger partial charge in [-0.2, -0.15) is 0 Å². The Bertz CT molecular complexity index is 195. The van der Waals surface area contributed by atoms with Gasteiger partial charge in [-0.05, 0) is 23.7 Å². The van der Waals surface area contributed by atoms with Crippen molar-refractivity contribution >= 4 is 0 Å². The van der Waals surface area contributed by atoms with Crippen molar-refractivity contribution in [1.82, 2.24) is 0 Å². The summed E-state index contributed by atoms with van der Waals surface area (Å²) in [7, 11) is 0. The van der Waals surface area contributed by atoms with Crippen molar-refractivity contribution < 1.29 is 4.74 Å². The van der Waals surface area contributed by atoms with Crippen molar-refractivity contribution in [2.75, 3.05) is 0 Å². The normalized spacial score (nSPS) is 42.6. The van der Waals surface area contributed by atoms with Crippen LogP contribution in [-0.4, -0.2) is 12.2 Å². The fraction of sp³-hybridized carbons (Fsp3) is 0.833. The molecule has 4 unspecified atom stereocenters. The largest absolute Gasteiger partial charge is 0.366 e. The Hall–Kier alpha value is -0.300. The van der Waals surface area contributed by atoms with Crippen molar-refractivity contribution in [2.24, 2.45) is 23.7 Å². The van der Waals surface area contributed by atoms with Gasteiger partial charge >= 0.3 is 0 Å². The maximum absolute atomic E-state index is 5.91. The number of hydrogen-bond donors (Lipinski definition) is 0. The standard InChI is InChI=1S/C12H20O/c1-7(2)11-9-5-6-10(13-9)12(11)8(3)4/h5-12H,1-4H3. The van der Waals surface area contributed by atoms with Gasteiger partial charge in [-0.15, -0.1) is 0 Å². The maximum atomic E-state index is 5.91. The van der Waals surface area contributed by atoms with E-state index in [-0.39, 0.29) is 0 Å². The molecule has 0 aromatic rings. The highest BCUT2D eigenvalue weighted by Crippen LogP contribution is 2.46. The molecule has 2 aliphatic rings. The third-order valence-electron chi connectivity index (χ3n) is 3.55. The maximum Gasteiger partial charge on any atom is 0.0799 e. The van der Waals surface area contributed by atoms with Crippen LogP contribution in [0.3, 0.4) is 0 Å². The van der Waals surface area contributed by atoms with E-state index in [4.69, 9.17) is 4.74 Å². The van der Waals surface area contributed by atoms with Crippen molar-refractivity contribution in [2.45, 2.75) is 39.9 Å². The Balaban J connectivity index is 2.20. The Morgan fingerprint density at radius 3 is 1.54 bits per heavy atom. The molecular weight excluding hydrogens is 160 g/mol. The minimum Gasteiger partial charge on any atom is -0.366 e. The smallest absolute Gasteiger partial charge is 0.0799 e. The summed E-state index contributed by atoms with van der Waals surface area (Å²) in [5.41, 5.74) is 0. The zero-order chi connectivity index (χ0) is 9.59. The van der Waals surface area contributed by atoms with Crippen LogP contribution in [0.2, 0.25) is 0 Å². The molecular formula is C12H20O. The fourth-order valence-electron chi connectivity index (χ4n) is 3.01. The molecule has 0 aromatic heterocycles. The number of ether oxygens (including phenoxy) is 1. The van der Waals surface area contributed by atoms with Gasteiger partial charge < -0.3 is 4.74 Å². The average molecular weight is 180 g/mol. The lowest BCUT2D eigenvalue weighted by atomic mass is 9.71. The topological polar surface area (TPSA) is 9.23 Å². The van der Waals surface area contributed by atoms with Crippen LogP contribution in [0, 0.1) is 23.7 Å². The summed E-state index contributed by atoms with van der Waals surface area (Å²) in [4.78, 5) is 0. The lowest BCUT2D eigenvalue weighted by Gasteiger charge is -2.31. The Kier molecular flexibility index (Phi) is 2.23. The van der Waals surface area contributed by atoms with E-state index in [9.17, 15) is 0 Å². The van der Waals surface area contributed by atoms with Gasteiger partial charge in [0.05, 0.1) is 12.2 Å². The molecule has 1 heteroatoms. The van der Waals surface area contributed by atoms with Gasteiger partial charge in [-0.3, -0.25) is 0 Å². The highest BCUT2D eigenvalue weighted by atomic mass is 16.5. The van der Waals surface area contributed by atoms with Crippen LogP contribution in [0.5, 0.6) is 0 Å². The van der Waals surface area contributed by atoms with E-state index in [1.165, 1.54) is 0 Å². The molecule has 0 spiro atoms. The average Bonchev–Trinajstić information content (AvgIpc) is 2.60.